The number of hydrogen-bond donors (Lipinski definition) is 2. The minimum absolute atomic E-state index is 0.0381. The van der Waals surface area contributed by atoms with Gasteiger partial charge in [0.05, 0.1) is 4.90 Å². The summed E-state index contributed by atoms with van der Waals surface area (Å²) < 4.78 is 41.6. The fraction of sp³-hybridized carbons (Fsp3) is 0.600. The van der Waals surface area contributed by atoms with Crippen LogP contribution in [0.2, 0.25) is 0 Å². The summed E-state index contributed by atoms with van der Waals surface area (Å²) in [5.41, 5.74) is 0.432. The van der Waals surface area contributed by atoms with Crippen LogP contribution < -0.4 is 10.0 Å². The number of benzene rings is 1. The van der Waals surface area contributed by atoms with Gasteiger partial charge in [-0.05, 0) is 44.4 Å². The van der Waals surface area contributed by atoms with E-state index in [9.17, 15) is 12.8 Å². The molecule has 2 N–H and O–H groups in total. The van der Waals surface area contributed by atoms with Crippen LogP contribution in [0.15, 0.2) is 17.0 Å². The van der Waals surface area contributed by atoms with Gasteiger partial charge >= 0.3 is 0 Å². The Balaban J connectivity index is 2.33. The maximum absolute atomic E-state index is 14.0. The van der Waals surface area contributed by atoms with Gasteiger partial charge in [0.2, 0.25) is 10.0 Å². The largest absolute Gasteiger partial charge is 0.310 e. The SMILES string of the molecule is Cc1c(F)cc(CNC(C)C)cc1S(=O)(=O)NC1(C)CC1. The lowest BCUT2D eigenvalue weighted by atomic mass is 10.1. The van der Waals surface area contributed by atoms with Crippen LogP contribution in [0.4, 0.5) is 4.39 Å². The Hall–Kier alpha value is -0.980. The molecule has 0 heterocycles. The van der Waals surface area contributed by atoms with Crippen molar-refractivity contribution in [3.8, 4) is 0 Å². The Bertz CT molecular complexity index is 637. The van der Waals surface area contributed by atoms with Gasteiger partial charge in [-0.2, -0.15) is 0 Å². The van der Waals surface area contributed by atoms with Crippen molar-refractivity contribution in [2.45, 2.75) is 63.6 Å². The molecule has 0 atom stereocenters. The van der Waals surface area contributed by atoms with E-state index in [2.05, 4.69) is 10.0 Å². The van der Waals surface area contributed by atoms with Gasteiger partial charge in [0.1, 0.15) is 5.82 Å². The molecule has 0 bridgehead atoms. The first-order chi connectivity index (χ1) is 9.63. The summed E-state index contributed by atoms with van der Waals surface area (Å²) in [6.45, 7) is 7.77. The standard InChI is InChI=1S/C15H23FN2O2S/c1-10(2)17-9-12-7-13(16)11(3)14(8-12)21(19,20)18-15(4)5-6-15/h7-8,10,17-18H,5-6,9H2,1-4H3. The Morgan fingerprint density at radius 1 is 1.33 bits per heavy atom. The molecule has 0 radical (unpaired) electrons. The molecule has 21 heavy (non-hydrogen) atoms. The lowest BCUT2D eigenvalue weighted by Crippen LogP contribution is -2.34. The highest BCUT2D eigenvalue weighted by molar-refractivity contribution is 7.89. The molecule has 0 saturated heterocycles. The number of sulfonamides is 1. The predicted molar refractivity (Wildman–Crippen MR) is 81.1 cm³/mol. The van der Waals surface area contributed by atoms with Gasteiger partial charge in [0.25, 0.3) is 0 Å². The smallest absolute Gasteiger partial charge is 0.241 e. The molecule has 0 amide bonds. The third-order valence-electron chi connectivity index (χ3n) is 3.74. The lowest BCUT2D eigenvalue weighted by Gasteiger charge is -2.16. The van der Waals surface area contributed by atoms with Crippen LogP contribution in [0.25, 0.3) is 0 Å². The van der Waals surface area contributed by atoms with Crippen molar-refractivity contribution in [2.75, 3.05) is 0 Å². The molecule has 1 aromatic carbocycles. The Morgan fingerprint density at radius 2 is 1.95 bits per heavy atom. The molecule has 118 valence electrons. The lowest BCUT2D eigenvalue weighted by molar-refractivity contribution is 0.550. The normalized spacial score (nSPS) is 17.2. The molecule has 2 rings (SSSR count). The van der Waals surface area contributed by atoms with Crippen molar-refractivity contribution in [1.29, 1.82) is 0 Å². The molecule has 0 unspecified atom stereocenters. The zero-order chi connectivity index (χ0) is 15.8. The van der Waals surface area contributed by atoms with Gasteiger partial charge in [-0.1, -0.05) is 13.8 Å². The molecule has 1 aliphatic rings. The van der Waals surface area contributed by atoms with Crippen LogP contribution >= 0.6 is 0 Å². The highest BCUT2D eigenvalue weighted by Gasteiger charge is 2.41. The van der Waals surface area contributed by atoms with E-state index < -0.39 is 15.8 Å². The first kappa shape index (κ1) is 16.4. The van der Waals surface area contributed by atoms with Gasteiger partial charge in [-0.15, -0.1) is 0 Å². The summed E-state index contributed by atoms with van der Waals surface area (Å²) in [5.74, 6) is -0.487. The average molecular weight is 314 g/mol. The van der Waals surface area contributed by atoms with E-state index in [1.807, 2.05) is 20.8 Å². The first-order valence-electron chi connectivity index (χ1n) is 7.19. The Labute approximate surface area is 126 Å². The third kappa shape index (κ3) is 4.02. The fourth-order valence-electron chi connectivity index (χ4n) is 2.08. The van der Waals surface area contributed by atoms with Gasteiger partial charge in [-0.3, -0.25) is 0 Å². The van der Waals surface area contributed by atoms with Crippen LogP contribution in [0.3, 0.4) is 0 Å². The molecule has 1 fully saturated rings. The molecule has 1 aromatic rings. The summed E-state index contributed by atoms with van der Waals surface area (Å²) in [6, 6.07) is 3.20. The molecule has 0 spiro atoms. The van der Waals surface area contributed by atoms with Gasteiger partial charge in [-0.25, -0.2) is 17.5 Å². The number of nitrogens with one attached hydrogen (secondary N) is 2. The monoisotopic (exact) mass is 314 g/mol. The molecule has 1 aliphatic carbocycles. The number of rotatable bonds is 6. The Kier molecular flexibility index (Phi) is 4.42. The maximum atomic E-state index is 14.0. The van der Waals surface area contributed by atoms with Crippen molar-refractivity contribution in [1.82, 2.24) is 10.0 Å². The molecular formula is C15H23FN2O2S. The van der Waals surface area contributed by atoms with E-state index in [1.165, 1.54) is 13.0 Å². The zero-order valence-electron chi connectivity index (χ0n) is 13.0. The van der Waals surface area contributed by atoms with E-state index in [-0.39, 0.29) is 22.0 Å². The molecule has 1 saturated carbocycles. The summed E-state index contributed by atoms with van der Waals surface area (Å²) in [6.07, 6.45) is 1.64. The minimum atomic E-state index is -3.69. The molecule has 0 aliphatic heterocycles. The highest BCUT2D eigenvalue weighted by atomic mass is 32.2. The van der Waals surface area contributed by atoms with Gasteiger partial charge < -0.3 is 5.32 Å². The van der Waals surface area contributed by atoms with E-state index >= 15 is 0 Å². The van der Waals surface area contributed by atoms with E-state index in [1.54, 1.807) is 6.07 Å². The second kappa shape index (κ2) is 5.66. The summed E-state index contributed by atoms with van der Waals surface area (Å²) in [4.78, 5) is 0.0381. The van der Waals surface area contributed by atoms with E-state index in [4.69, 9.17) is 0 Å². The minimum Gasteiger partial charge on any atom is -0.310 e. The maximum Gasteiger partial charge on any atom is 0.241 e. The van der Waals surface area contributed by atoms with Gasteiger partial charge in [0, 0.05) is 23.7 Å². The van der Waals surface area contributed by atoms with Crippen LogP contribution in [-0.2, 0) is 16.6 Å². The molecule has 6 heteroatoms. The predicted octanol–water partition coefficient (Wildman–Crippen LogP) is 2.46. The van der Waals surface area contributed by atoms with Crippen molar-refractivity contribution in [2.24, 2.45) is 0 Å². The quantitative estimate of drug-likeness (QED) is 0.848. The van der Waals surface area contributed by atoms with E-state index in [0.29, 0.717) is 12.1 Å². The number of hydrogen-bond acceptors (Lipinski definition) is 3. The van der Waals surface area contributed by atoms with E-state index in [0.717, 1.165) is 12.8 Å². The second-order valence-corrected chi connectivity index (χ2v) is 8.05. The average Bonchev–Trinajstić information content (AvgIpc) is 3.06. The Morgan fingerprint density at radius 3 is 2.48 bits per heavy atom. The molecule has 4 nitrogen and oxygen atoms in total. The van der Waals surface area contributed by atoms with Crippen LogP contribution in [0.5, 0.6) is 0 Å². The third-order valence-corrected chi connectivity index (χ3v) is 5.51. The molecule has 0 aromatic heterocycles. The topological polar surface area (TPSA) is 58.2 Å². The van der Waals surface area contributed by atoms with Crippen molar-refractivity contribution in [3.05, 3.63) is 29.1 Å². The first-order valence-corrected chi connectivity index (χ1v) is 8.68. The van der Waals surface area contributed by atoms with Crippen LogP contribution in [0, 0.1) is 12.7 Å². The van der Waals surface area contributed by atoms with Crippen molar-refractivity contribution >= 4 is 10.0 Å². The summed E-state index contributed by atoms with van der Waals surface area (Å²) >= 11 is 0. The summed E-state index contributed by atoms with van der Waals surface area (Å²) in [5, 5.41) is 3.17. The highest BCUT2D eigenvalue weighted by Crippen LogP contribution is 2.36. The van der Waals surface area contributed by atoms with Crippen molar-refractivity contribution in [3.63, 3.8) is 0 Å². The van der Waals surface area contributed by atoms with Crippen molar-refractivity contribution < 1.29 is 12.8 Å². The zero-order valence-corrected chi connectivity index (χ0v) is 13.8. The van der Waals surface area contributed by atoms with Crippen LogP contribution in [0.1, 0.15) is 44.7 Å². The van der Waals surface area contributed by atoms with Gasteiger partial charge in [0.15, 0.2) is 0 Å². The fourth-order valence-corrected chi connectivity index (χ4v) is 3.85. The number of halogens is 1. The second-order valence-electron chi connectivity index (χ2n) is 6.40. The van der Waals surface area contributed by atoms with Crippen LogP contribution in [-0.4, -0.2) is 20.0 Å². The summed E-state index contributed by atoms with van der Waals surface area (Å²) in [7, 11) is -3.69. The molecular weight excluding hydrogens is 291 g/mol.